The number of hydrogen-bond donors (Lipinski definition) is 2. The van der Waals surface area contributed by atoms with Crippen molar-refractivity contribution in [2.45, 2.75) is 19.5 Å². The van der Waals surface area contributed by atoms with Gasteiger partial charge in [-0.05, 0) is 26.0 Å². The van der Waals surface area contributed by atoms with E-state index in [1.807, 2.05) is 32.1 Å². The van der Waals surface area contributed by atoms with E-state index in [0.29, 0.717) is 0 Å². The van der Waals surface area contributed by atoms with E-state index in [2.05, 4.69) is 5.32 Å². The molecule has 0 amide bonds. The minimum absolute atomic E-state index is 0.348. The molecule has 9 heavy (non-hydrogen) atoms. The average Bonchev–Trinajstić information content (AvgIpc) is 1.60. The topological polar surface area (TPSA) is 38.0 Å². The van der Waals surface area contributed by atoms with Crippen molar-refractivity contribution >= 4 is 0 Å². The number of nitrogens with two attached hydrogens (primary N) is 1. The summed E-state index contributed by atoms with van der Waals surface area (Å²) in [5.41, 5.74) is 6.49. The zero-order chi connectivity index (χ0) is 6.91. The minimum Gasteiger partial charge on any atom is -0.368 e. The molecule has 2 heteroatoms. The molecule has 1 unspecified atom stereocenters. The van der Waals surface area contributed by atoms with Crippen LogP contribution in [0.4, 0.5) is 0 Å². The summed E-state index contributed by atoms with van der Waals surface area (Å²) in [6.07, 6.45) is 5.89. The van der Waals surface area contributed by atoms with Crippen molar-refractivity contribution in [1.82, 2.24) is 5.32 Å². The van der Waals surface area contributed by atoms with Crippen molar-refractivity contribution in [1.29, 1.82) is 0 Å². The van der Waals surface area contributed by atoms with E-state index in [1.165, 1.54) is 0 Å². The first kappa shape index (κ1) is 6.36. The fraction of sp³-hybridized carbons (Fsp3) is 0.429. The molecule has 0 fully saturated rings. The highest BCUT2D eigenvalue weighted by molar-refractivity contribution is 5.21. The molecule has 0 aliphatic carbocycles. The van der Waals surface area contributed by atoms with Gasteiger partial charge in [-0.3, -0.25) is 0 Å². The Morgan fingerprint density at radius 1 is 1.67 bits per heavy atom. The molecule has 0 aromatic carbocycles. The van der Waals surface area contributed by atoms with Gasteiger partial charge in [-0.1, -0.05) is 6.08 Å². The predicted molar refractivity (Wildman–Crippen MR) is 38.6 cm³/mol. The molecule has 0 bridgehead atoms. The molecule has 0 aromatic heterocycles. The molecule has 1 aliphatic heterocycles. The van der Waals surface area contributed by atoms with Crippen molar-refractivity contribution in [2.75, 3.05) is 0 Å². The number of dihydropyridines is 1. The molecular weight excluding hydrogens is 112 g/mol. The minimum atomic E-state index is -0.348. The summed E-state index contributed by atoms with van der Waals surface area (Å²) in [5, 5.41) is 3.11. The van der Waals surface area contributed by atoms with Gasteiger partial charge in [0.25, 0.3) is 0 Å². The average molecular weight is 124 g/mol. The normalized spacial score (nSPS) is 33.4. The van der Waals surface area contributed by atoms with Gasteiger partial charge >= 0.3 is 0 Å². The summed E-state index contributed by atoms with van der Waals surface area (Å²) in [5.74, 6) is 0. The smallest absolute Gasteiger partial charge is 0.102 e. The standard InChI is InChI=1S/C7H12N2/c1-6-4-3-5-7(2,8)9-6/h3-5,9H,8H2,1-2H3. The highest BCUT2D eigenvalue weighted by Gasteiger charge is 2.14. The van der Waals surface area contributed by atoms with Gasteiger partial charge in [0, 0.05) is 5.70 Å². The van der Waals surface area contributed by atoms with Crippen LogP contribution >= 0.6 is 0 Å². The second kappa shape index (κ2) is 1.88. The monoisotopic (exact) mass is 124 g/mol. The van der Waals surface area contributed by atoms with Crippen LogP contribution in [-0.2, 0) is 0 Å². The molecular formula is C7H12N2. The Labute approximate surface area is 55.4 Å². The van der Waals surface area contributed by atoms with Crippen LogP contribution in [0.5, 0.6) is 0 Å². The lowest BCUT2D eigenvalue weighted by atomic mass is 10.1. The third kappa shape index (κ3) is 1.57. The molecule has 3 N–H and O–H groups in total. The van der Waals surface area contributed by atoms with Crippen LogP contribution in [0.25, 0.3) is 0 Å². The first-order chi connectivity index (χ1) is 4.10. The van der Waals surface area contributed by atoms with Gasteiger partial charge in [-0.2, -0.15) is 0 Å². The summed E-state index contributed by atoms with van der Waals surface area (Å²) >= 11 is 0. The molecule has 0 spiro atoms. The van der Waals surface area contributed by atoms with Gasteiger partial charge < -0.3 is 11.1 Å². The number of hydrogen-bond acceptors (Lipinski definition) is 2. The maximum Gasteiger partial charge on any atom is 0.102 e. The first-order valence-corrected chi connectivity index (χ1v) is 3.03. The molecule has 0 radical (unpaired) electrons. The van der Waals surface area contributed by atoms with Crippen molar-refractivity contribution in [3.05, 3.63) is 23.9 Å². The van der Waals surface area contributed by atoms with E-state index in [9.17, 15) is 0 Å². The molecule has 0 saturated carbocycles. The fourth-order valence-electron chi connectivity index (χ4n) is 0.901. The van der Waals surface area contributed by atoms with Crippen LogP contribution in [0.3, 0.4) is 0 Å². The van der Waals surface area contributed by atoms with E-state index in [4.69, 9.17) is 5.73 Å². The largest absolute Gasteiger partial charge is 0.368 e. The summed E-state index contributed by atoms with van der Waals surface area (Å²) in [6, 6.07) is 0. The SMILES string of the molecule is CC1=CC=CC(C)(N)N1. The Kier molecular flexibility index (Phi) is 1.33. The summed E-state index contributed by atoms with van der Waals surface area (Å²) in [4.78, 5) is 0. The number of allylic oxidation sites excluding steroid dienone is 3. The van der Waals surface area contributed by atoms with Crippen LogP contribution < -0.4 is 11.1 Å². The second-order valence-corrected chi connectivity index (χ2v) is 2.62. The van der Waals surface area contributed by atoms with Crippen molar-refractivity contribution < 1.29 is 0 Å². The van der Waals surface area contributed by atoms with Crippen LogP contribution in [0.2, 0.25) is 0 Å². The third-order valence-electron chi connectivity index (χ3n) is 1.26. The second-order valence-electron chi connectivity index (χ2n) is 2.62. The van der Waals surface area contributed by atoms with Crippen molar-refractivity contribution in [2.24, 2.45) is 5.73 Å². The predicted octanol–water partition coefficient (Wildman–Crippen LogP) is 0.725. The van der Waals surface area contributed by atoms with E-state index >= 15 is 0 Å². The quantitative estimate of drug-likeness (QED) is 0.499. The van der Waals surface area contributed by atoms with E-state index in [1.54, 1.807) is 0 Å². The van der Waals surface area contributed by atoms with Gasteiger partial charge in [0.2, 0.25) is 0 Å². The summed E-state index contributed by atoms with van der Waals surface area (Å²) in [7, 11) is 0. The van der Waals surface area contributed by atoms with E-state index in [-0.39, 0.29) is 5.66 Å². The molecule has 1 rings (SSSR count). The molecule has 50 valence electrons. The Morgan fingerprint density at radius 3 is 2.67 bits per heavy atom. The molecule has 0 saturated heterocycles. The first-order valence-electron chi connectivity index (χ1n) is 3.03. The van der Waals surface area contributed by atoms with Gasteiger partial charge in [-0.25, -0.2) is 0 Å². The van der Waals surface area contributed by atoms with Crippen molar-refractivity contribution in [3.8, 4) is 0 Å². The highest BCUT2D eigenvalue weighted by Crippen LogP contribution is 2.05. The maximum absolute atomic E-state index is 5.73. The Bertz CT molecular complexity index is 166. The Balaban J connectivity index is 2.73. The van der Waals surface area contributed by atoms with Gasteiger partial charge in [0.15, 0.2) is 0 Å². The lowest BCUT2D eigenvalue weighted by Crippen LogP contribution is -2.48. The molecule has 1 heterocycles. The van der Waals surface area contributed by atoms with E-state index < -0.39 is 0 Å². The lowest BCUT2D eigenvalue weighted by molar-refractivity contribution is 0.498. The zero-order valence-electron chi connectivity index (χ0n) is 5.81. The zero-order valence-corrected chi connectivity index (χ0v) is 5.81. The summed E-state index contributed by atoms with van der Waals surface area (Å²) < 4.78 is 0. The van der Waals surface area contributed by atoms with Crippen LogP contribution in [-0.4, -0.2) is 5.66 Å². The molecule has 0 aromatic rings. The van der Waals surface area contributed by atoms with Crippen LogP contribution in [0, 0.1) is 0 Å². The van der Waals surface area contributed by atoms with Crippen molar-refractivity contribution in [3.63, 3.8) is 0 Å². The summed E-state index contributed by atoms with van der Waals surface area (Å²) in [6.45, 7) is 3.93. The van der Waals surface area contributed by atoms with Crippen LogP contribution in [0.15, 0.2) is 23.9 Å². The van der Waals surface area contributed by atoms with Gasteiger partial charge in [-0.15, -0.1) is 0 Å². The lowest BCUT2D eigenvalue weighted by Gasteiger charge is -2.26. The highest BCUT2D eigenvalue weighted by atomic mass is 15.1. The maximum atomic E-state index is 5.73. The molecule has 1 atom stereocenters. The third-order valence-corrected chi connectivity index (χ3v) is 1.26. The Hall–Kier alpha value is -0.760. The van der Waals surface area contributed by atoms with Crippen LogP contribution in [0.1, 0.15) is 13.8 Å². The van der Waals surface area contributed by atoms with E-state index in [0.717, 1.165) is 5.70 Å². The number of rotatable bonds is 0. The molecule has 1 aliphatic rings. The molecule has 2 nitrogen and oxygen atoms in total. The van der Waals surface area contributed by atoms with Gasteiger partial charge in [0.1, 0.15) is 5.66 Å². The Morgan fingerprint density at radius 2 is 2.33 bits per heavy atom. The fourth-order valence-corrected chi connectivity index (χ4v) is 0.901. The van der Waals surface area contributed by atoms with Gasteiger partial charge in [0.05, 0.1) is 0 Å². The number of nitrogens with one attached hydrogen (secondary N) is 1.